The molecule has 3 rings (SSSR count). The minimum Gasteiger partial charge on any atom is -0.490 e. The lowest BCUT2D eigenvalue weighted by Gasteiger charge is -2.15. The molecule has 1 amide bonds. The first-order chi connectivity index (χ1) is 12.1. The third-order valence-electron chi connectivity index (χ3n) is 3.97. The molecule has 6 heteroatoms. The van der Waals surface area contributed by atoms with Crippen LogP contribution in [0.2, 0.25) is 0 Å². The smallest absolute Gasteiger partial charge is 0.238 e. The third kappa shape index (κ3) is 4.70. The molecule has 0 saturated heterocycles. The van der Waals surface area contributed by atoms with Crippen molar-refractivity contribution in [3.63, 3.8) is 0 Å². The highest BCUT2D eigenvalue weighted by atomic mass is 19.1. The minimum atomic E-state index is -0.275. The molecular formula is C19H21FN2O3. The van der Waals surface area contributed by atoms with Crippen molar-refractivity contribution in [2.45, 2.75) is 19.4 Å². The highest BCUT2D eigenvalue weighted by Crippen LogP contribution is 2.32. The molecule has 1 aliphatic heterocycles. The molecule has 0 aliphatic carbocycles. The Morgan fingerprint density at radius 2 is 1.84 bits per heavy atom. The van der Waals surface area contributed by atoms with E-state index in [4.69, 9.17) is 9.47 Å². The number of rotatable bonds is 5. The summed E-state index contributed by atoms with van der Waals surface area (Å²) >= 11 is 0. The van der Waals surface area contributed by atoms with E-state index in [1.807, 2.05) is 6.92 Å². The first-order valence-electron chi connectivity index (χ1n) is 8.30. The number of carbonyl (C=O) groups excluding carboxylic acids is 1. The van der Waals surface area contributed by atoms with Gasteiger partial charge in [0.15, 0.2) is 11.5 Å². The second kappa shape index (κ2) is 7.98. The van der Waals surface area contributed by atoms with E-state index < -0.39 is 0 Å². The zero-order valence-electron chi connectivity index (χ0n) is 14.0. The van der Waals surface area contributed by atoms with Gasteiger partial charge >= 0.3 is 0 Å². The highest BCUT2D eigenvalue weighted by Gasteiger charge is 2.12. The number of anilines is 1. The molecule has 0 spiro atoms. The predicted octanol–water partition coefficient (Wildman–Crippen LogP) is 3.28. The van der Waals surface area contributed by atoms with Crippen LogP contribution in [0.5, 0.6) is 11.5 Å². The second-order valence-corrected chi connectivity index (χ2v) is 5.91. The number of amides is 1. The number of benzene rings is 2. The van der Waals surface area contributed by atoms with E-state index in [2.05, 4.69) is 10.6 Å². The van der Waals surface area contributed by atoms with Crippen molar-refractivity contribution in [1.29, 1.82) is 0 Å². The average Bonchev–Trinajstić information content (AvgIpc) is 2.85. The fraction of sp³-hybridized carbons (Fsp3) is 0.316. The maximum Gasteiger partial charge on any atom is 0.238 e. The van der Waals surface area contributed by atoms with Crippen molar-refractivity contribution in [2.75, 3.05) is 25.1 Å². The van der Waals surface area contributed by atoms with Crippen molar-refractivity contribution in [3.8, 4) is 11.5 Å². The van der Waals surface area contributed by atoms with Crippen LogP contribution in [-0.2, 0) is 4.79 Å². The fourth-order valence-electron chi connectivity index (χ4n) is 2.56. The Hall–Kier alpha value is -2.60. The summed E-state index contributed by atoms with van der Waals surface area (Å²) in [5.74, 6) is 0.896. The van der Waals surface area contributed by atoms with Gasteiger partial charge in [-0.25, -0.2) is 4.39 Å². The number of carbonyl (C=O) groups is 1. The topological polar surface area (TPSA) is 59.6 Å². The maximum absolute atomic E-state index is 12.9. The average molecular weight is 344 g/mol. The van der Waals surface area contributed by atoms with Gasteiger partial charge in [-0.05, 0) is 36.8 Å². The zero-order chi connectivity index (χ0) is 17.6. The summed E-state index contributed by atoms with van der Waals surface area (Å²) in [5.41, 5.74) is 1.58. The molecule has 25 heavy (non-hydrogen) atoms. The van der Waals surface area contributed by atoms with Crippen LogP contribution in [-0.4, -0.2) is 25.7 Å². The van der Waals surface area contributed by atoms with Crippen LogP contribution in [0.4, 0.5) is 10.1 Å². The van der Waals surface area contributed by atoms with Gasteiger partial charge < -0.3 is 20.1 Å². The van der Waals surface area contributed by atoms with Gasteiger partial charge in [-0.2, -0.15) is 0 Å². The summed E-state index contributed by atoms with van der Waals surface area (Å²) in [4.78, 5) is 12.1. The Morgan fingerprint density at radius 3 is 2.60 bits per heavy atom. The van der Waals surface area contributed by atoms with Crippen LogP contribution < -0.4 is 20.1 Å². The van der Waals surface area contributed by atoms with E-state index in [1.54, 1.807) is 30.3 Å². The van der Waals surface area contributed by atoms with Gasteiger partial charge in [-0.1, -0.05) is 12.1 Å². The monoisotopic (exact) mass is 344 g/mol. The van der Waals surface area contributed by atoms with E-state index in [1.165, 1.54) is 12.1 Å². The Kier molecular flexibility index (Phi) is 5.50. The quantitative estimate of drug-likeness (QED) is 0.874. The SMILES string of the molecule is CC(NCC(=O)Nc1ccc2c(c1)OCCCO2)c1ccc(F)cc1. The van der Waals surface area contributed by atoms with Gasteiger partial charge in [0.1, 0.15) is 5.82 Å². The summed E-state index contributed by atoms with van der Waals surface area (Å²) < 4.78 is 24.1. The normalized spacial score (nSPS) is 14.5. The molecule has 2 N–H and O–H groups in total. The minimum absolute atomic E-state index is 0.0601. The standard InChI is InChI=1S/C19H21FN2O3/c1-13(14-3-5-15(20)6-4-14)21-12-19(23)22-16-7-8-17-18(11-16)25-10-2-9-24-17/h3-8,11,13,21H,2,9-10,12H2,1H3,(H,22,23). The van der Waals surface area contributed by atoms with Gasteiger partial charge in [0.2, 0.25) is 5.91 Å². The number of hydrogen-bond acceptors (Lipinski definition) is 4. The van der Waals surface area contributed by atoms with Gasteiger partial charge in [-0.3, -0.25) is 4.79 Å². The highest BCUT2D eigenvalue weighted by molar-refractivity contribution is 5.92. The maximum atomic E-state index is 12.9. The van der Waals surface area contributed by atoms with Gasteiger partial charge in [0.25, 0.3) is 0 Å². The van der Waals surface area contributed by atoms with Gasteiger partial charge in [0.05, 0.1) is 19.8 Å². The first kappa shape index (κ1) is 17.2. The molecule has 0 bridgehead atoms. The summed E-state index contributed by atoms with van der Waals surface area (Å²) in [5, 5.41) is 5.95. The Bertz CT molecular complexity index is 734. The summed E-state index contributed by atoms with van der Waals surface area (Å²) in [6.45, 7) is 3.30. The molecule has 0 radical (unpaired) electrons. The van der Waals surface area contributed by atoms with Crippen LogP contribution in [0.1, 0.15) is 24.9 Å². The zero-order valence-corrected chi connectivity index (χ0v) is 14.0. The van der Waals surface area contributed by atoms with Crippen LogP contribution in [0, 0.1) is 5.82 Å². The molecule has 0 saturated carbocycles. The van der Waals surface area contributed by atoms with E-state index in [0.717, 1.165) is 12.0 Å². The molecule has 132 valence electrons. The van der Waals surface area contributed by atoms with Crippen molar-refractivity contribution >= 4 is 11.6 Å². The van der Waals surface area contributed by atoms with E-state index >= 15 is 0 Å². The molecule has 0 fully saturated rings. The molecule has 2 aromatic rings. The van der Waals surface area contributed by atoms with Crippen molar-refractivity contribution in [3.05, 3.63) is 53.8 Å². The van der Waals surface area contributed by atoms with Crippen LogP contribution in [0.3, 0.4) is 0 Å². The molecule has 1 aliphatic rings. The number of halogens is 1. The predicted molar refractivity (Wildman–Crippen MR) is 93.5 cm³/mol. The lowest BCUT2D eigenvalue weighted by molar-refractivity contribution is -0.115. The first-order valence-corrected chi connectivity index (χ1v) is 8.30. The molecule has 0 aromatic heterocycles. The van der Waals surface area contributed by atoms with Crippen LogP contribution >= 0.6 is 0 Å². The van der Waals surface area contributed by atoms with E-state index in [0.29, 0.717) is 30.4 Å². The Labute approximate surface area is 146 Å². The fourth-order valence-corrected chi connectivity index (χ4v) is 2.56. The number of hydrogen-bond donors (Lipinski definition) is 2. The molecular weight excluding hydrogens is 323 g/mol. The number of nitrogens with one attached hydrogen (secondary N) is 2. The van der Waals surface area contributed by atoms with Crippen LogP contribution in [0.15, 0.2) is 42.5 Å². The summed E-state index contributed by atoms with van der Waals surface area (Å²) in [7, 11) is 0. The second-order valence-electron chi connectivity index (χ2n) is 5.91. The molecule has 2 aromatic carbocycles. The molecule has 5 nitrogen and oxygen atoms in total. The van der Waals surface area contributed by atoms with Gasteiger partial charge in [0, 0.05) is 24.2 Å². The molecule has 1 atom stereocenters. The third-order valence-corrected chi connectivity index (χ3v) is 3.97. The Balaban J connectivity index is 1.54. The van der Waals surface area contributed by atoms with E-state index in [9.17, 15) is 9.18 Å². The van der Waals surface area contributed by atoms with Gasteiger partial charge in [-0.15, -0.1) is 0 Å². The molecule has 1 unspecified atom stereocenters. The van der Waals surface area contributed by atoms with Crippen molar-refractivity contribution < 1.29 is 18.7 Å². The van der Waals surface area contributed by atoms with Crippen LogP contribution in [0.25, 0.3) is 0 Å². The number of ether oxygens (including phenoxy) is 2. The van der Waals surface area contributed by atoms with Crippen molar-refractivity contribution in [2.24, 2.45) is 0 Å². The lowest BCUT2D eigenvalue weighted by atomic mass is 10.1. The summed E-state index contributed by atoms with van der Waals surface area (Å²) in [6, 6.07) is 11.5. The Morgan fingerprint density at radius 1 is 1.12 bits per heavy atom. The largest absolute Gasteiger partial charge is 0.490 e. The van der Waals surface area contributed by atoms with E-state index in [-0.39, 0.29) is 24.3 Å². The summed E-state index contributed by atoms with van der Waals surface area (Å²) in [6.07, 6.45) is 0.835. The molecule has 1 heterocycles. The van der Waals surface area contributed by atoms with Crippen molar-refractivity contribution in [1.82, 2.24) is 5.32 Å². The lowest BCUT2D eigenvalue weighted by Crippen LogP contribution is -2.30. The number of fused-ring (bicyclic) bond motifs is 1.